The fourth-order valence-corrected chi connectivity index (χ4v) is 3.82. The molecule has 0 aliphatic heterocycles. The number of carbonyl (C=O) groups excluding carboxylic acids is 5. The second-order valence-electron chi connectivity index (χ2n) is 9.09. The molecule has 0 heterocycles. The van der Waals surface area contributed by atoms with Crippen molar-refractivity contribution in [1.82, 2.24) is 21.3 Å². The van der Waals surface area contributed by atoms with Crippen LogP contribution in [0.15, 0.2) is 60.7 Å². The number of rotatable bonds is 16. The summed E-state index contributed by atoms with van der Waals surface area (Å²) in [4.78, 5) is 62.5. The fourth-order valence-electron chi connectivity index (χ4n) is 3.82. The number of benzene rings is 2. The van der Waals surface area contributed by atoms with Crippen molar-refractivity contribution in [2.75, 3.05) is 6.54 Å². The SMILES string of the molecule is N=C(N)NCCC[C@H](NC(=O)[C@H](CCc1ccccc1)NC(=O)c1ccccc1)C(=O)N[C@@H](CC(N)=O)C(N)=O. The molecule has 214 valence electrons. The van der Waals surface area contributed by atoms with Crippen molar-refractivity contribution in [2.24, 2.45) is 17.2 Å². The van der Waals surface area contributed by atoms with Crippen LogP contribution in [-0.4, -0.2) is 60.2 Å². The van der Waals surface area contributed by atoms with Gasteiger partial charge in [-0.1, -0.05) is 48.5 Å². The van der Waals surface area contributed by atoms with E-state index in [0.29, 0.717) is 18.4 Å². The lowest BCUT2D eigenvalue weighted by Gasteiger charge is -2.25. The number of primary amides is 2. The Morgan fingerprint density at radius 1 is 0.725 bits per heavy atom. The first-order valence-electron chi connectivity index (χ1n) is 12.7. The van der Waals surface area contributed by atoms with Gasteiger partial charge in [-0.2, -0.15) is 0 Å². The van der Waals surface area contributed by atoms with Gasteiger partial charge >= 0.3 is 0 Å². The van der Waals surface area contributed by atoms with Crippen LogP contribution in [0.2, 0.25) is 0 Å². The first-order valence-corrected chi connectivity index (χ1v) is 12.7. The molecule has 11 N–H and O–H groups in total. The molecule has 2 aromatic carbocycles. The van der Waals surface area contributed by atoms with Gasteiger partial charge in [-0.15, -0.1) is 0 Å². The average Bonchev–Trinajstić information content (AvgIpc) is 2.92. The topological polar surface area (TPSA) is 235 Å². The van der Waals surface area contributed by atoms with Gasteiger partial charge in [0.1, 0.15) is 18.1 Å². The lowest BCUT2D eigenvalue weighted by Crippen LogP contribution is -2.57. The van der Waals surface area contributed by atoms with E-state index < -0.39 is 54.1 Å². The summed E-state index contributed by atoms with van der Waals surface area (Å²) in [6, 6.07) is 14.2. The highest BCUT2D eigenvalue weighted by Gasteiger charge is 2.29. The molecule has 0 spiro atoms. The van der Waals surface area contributed by atoms with E-state index in [0.717, 1.165) is 5.56 Å². The zero-order valence-electron chi connectivity index (χ0n) is 22.0. The number of nitrogens with one attached hydrogen (secondary N) is 5. The summed E-state index contributed by atoms with van der Waals surface area (Å²) in [5.74, 6) is -3.92. The van der Waals surface area contributed by atoms with Crippen LogP contribution in [0.4, 0.5) is 0 Å². The number of guanidine groups is 1. The van der Waals surface area contributed by atoms with Crippen molar-refractivity contribution in [1.29, 1.82) is 5.41 Å². The highest BCUT2D eigenvalue weighted by molar-refractivity contribution is 5.99. The molecule has 0 aromatic heterocycles. The number of nitrogens with two attached hydrogens (primary N) is 3. The molecule has 13 heteroatoms. The molecule has 13 nitrogen and oxygen atoms in total. The van der Waals surface area contributed by atoms with Crippen LogP contribution < -0.4 is 38.5 Å². The fraction of sp³-hybridized carbons (Fsp3) is 0.333. The molecule has 0 aliphatic carbocycles. The summed E-state index contributed by atoms with van der Waals surface area (Å²) in [6.07, 6.45) is 0.578. The summed E-state index contributed by atoms with van der Waals surface area (Å²) in [5, 5.41) is 17.6. The van der Waals surface area contributed by atoms with Gasteiger partial charge in [-0.3, -0.25) is 29.4 Å². The van der Waals surface area contributed by atoms with Gasteiger partial charge in [-0.25, -0.2) is 0 Å². The minimum atomic E-state index is -1.37. The van der Waals surface area contributed by atoms with E-state index in [-0.39, 0.29) is 25.3 Å². The van der Waals surface area contributed by atoms with Gasteiger partial charge in [0.05, 0.1) is 6.42 Å². The maximum absolute atomic E-state index is 13.4. The van der Waals surface area contributed by atoms with Gasteiger partial charge in [0.2, 0.25) is 23.6 Å². The summed E-state index contributed by atoms with van der Waals surface area (Å²) in [6.45, 7) is 0.234. The molecule has 0 radical (unpaired) electrons. The third-order valence-electron chi connectivity index (χ3n) is 5.91. The van der Waals surface area contributed by atoms with Gasteiger partial charge in [0.15, 0.2) is 5.96 Å². The van der Waals surface area contributed by atoms with E-state index in [9.17, 15) is 24.0 Å². The Hall–Kier alpha value is -4.94. The zero-order valence-corrected chi connectivity index (χ0v) is 22.0. The lowest BCUT2D eigenvalue weighted by atomic mass is 10.0. The van der Waals surface area contributed by atoms with Gasteiger partial charge in [0.25, 0.3) is 5.91 Å². The third kappa shape index (κ3) is 11.2. The van der Waals surface area contributed by atoms with E-state index in [1.54, 1.807) is 30.3 Å². The molecular weight excluding hydrogens is 516 g/mol. The molecule has 0 unspecified atom stereocenters. The third-order valence-corrected chi connectivity index (χ3v) is 5.91. The monoisotopic (exact) mass is 552 g/mol. The largest absolute Gasteiger partial charge is 0.370 e. The van der Waals surface area contributed by atoms with E-state index in [2.05, 4.69) is 21.3 Å². The van der Waals surface area contributed by atoms with E-state index in [1.807, 2.05) is 30.3 Å². The van der Waals surface area contributed by atoms with Crippen molar-refractivity contribution in [3.63, 3.8) is 0 Å². The minimum Gasteiger partial charge on any atom is -0.370 e. The summed E-state index contributed by atoms with van der Waals surface area (Å²) >= 11 is 0. The molecule has 2 aromatic rings. The second-order valence-corrected chi connectivity index (χ2v) is 9.09. The highest BCUT2D eigenvalue weighted by Crippen LogP contribution is 2.09. The Balaban J connectivity index is 2.22. The van der Waals surface area contributed by atoms with Crippen LogP contribution in [0.3, 0.4) is 0 Å². The van der Waals surface area contributed by atoms with Crippen molar-refractivity contribution in [2.45, 2.75) is 50.2 Å². The lowest BCUT2D eigenvalue weighted by molar-refractivity contribution is -0.133. The van der Waals surface area contributed by atoms with Crippen LogP contribution in [0.25, 0.3) is 0 Å². The number of hydrogen-bond acceptors (Lipinski definition) is 6. The molecule has 5 amide bonds. The molecule has 0 fully saturated rings. The van der Waals surface area contributed by atoms with Crippen LogP contribution >= 0.6 is 0 Å². The van der Waals surface area contributed by atoms with Gasteiger partial charge in [0, 0.05) is 12.1 Å². The molecule has 0 saturated heterocycles. The standard InChI is InChI=1S/C27H36N8O5/c28-22(36)16-21(23(29)37)35-25(39)19(12-7-15-32-27(30)31)34-26(40)20(14-13-17-8-3-1-4-9-17)33-24(38)18-10-5-2-6-11-18/h1-6,8-11,19-21H,7,12-16H2,(H2,28,36)(H2,29,37)(H,33,38)(H,34,40)(H,35,39)(H4,30,31,32)/t19-,20-,21-/m0/s1. The van der Waals surface area contributed by atoms with Crippen LogP contribution in [0, 0.1) is 5.41 Å². The highest BCUT2D eigenvalue weighted by atomic mass is 16.2. The van der Waals surface area contributed by atoms with Crippen molar-refractivity contribution in [3.8, 4) is 0 Å². The summed E-state index contributed by atoms with van der Waals surface area (Å²) in [5.41, 5.74) is 17.1. The zero-order chi connectivity index (χ0) is 29.5. The van der Waals surface area contributed by atoms with Crippen LogP contribution in [0.1, 0.15) is 41.6 Å². The molecule has 3 atom stereocenters. The van der Waals surface area contributed by atoms with Crippen LogP contribution in [-0.2, 0) is 25.6 Å². The Labute approximate surface area is 232 Å². The van der Waals surface area contributed by atoms with Crippen molar-refractivity contribution in [3.05, 3.63) is 71.8 Å². The number of aryl methyl sites for hydroxylation is 1. The van der Waals surface area contributed by atoms with Crippen molar-refractivity contribution >= 4 is 35.5 Å². The maximum atomic E-state index is 13.4. The minimum absolute atomic E-state index is 0.0813. The summed E-state index contributed by atoms with van der Waals surface area (Å²) < 4.78 is 0. The first-order chi connectivity index (χ1) is 19.1. The maximum Gasteiger partial charge on any atom is 0.251 e. The van der Waals surface area contributed by atoms with E-state index in [4.69, 9.17) is 22.6 Å². The normalized spacial score (nSPS) is 12.7. The smallest absolute Gasteiger partial charge is 0.251 e. The molecular formula is C27H36N8O5. The Morgan fingerprint density at radius 3 is 1.82 bits per heavy atom. The number of hydrogen-bond donors (Lipinski definition) is 8. The Bertz CT molecular complexity index is 1180. The average molecular weight is 553 g/mol. The quantitative estimate of drug-likeness (QED) is 0.0734. The predicted octanol–water partition coefficient (Wildman–Crippen LogP) is -0.989. The van der Waals surface area contributed by atoms with Crippen LogP contribution in [0.5, 0.6) is 0 Å². The Kier molecular flexibility index (Phi) is 12.6. The molecule has 0 saturated carbocycles. The molecule has 0 aliphatic rings. The Morgan fingerprint density at radius 2 is 1.27 bits per heavy atom. The van der Waals surface area contributed by atoms with E-state index in [1.165, 1.54) is 0 Å². The predicted molar refractivity (Wildman–Crippen MR) is 148 cm³/mol. The molecule has 2 rings (SSSR count). The van der Waals surface area contributed by atoms with E-state index >= 15 is 0 Å². The molecule has 40 heavy (non-hydrogen) atoms. The van der Waals surface area contributed by atoms with Crippen molar-refractivity contribution < 1.29 is 24.0 Å². The van der Waals surface area contributed by atoms with Gasteiger partial charge < -0.3 is 38.5 Å². The number of amides is 5. The summed E-state index contributed by atoms with van der Waals surface area (Å²) in [7, 11) is 0. The second kappa shape index (κ2) is 16.1. The van der Waals surface area contributed by atoms with Gasteiger partial charge in [-0.05, 0) is 43.4 Å². The number of carbonyl (C=O) groups is 5. The molecule has 0 bridgehead atoms. The first kappa shape index (κ1) is 31.3.